The third-order valence-electron chi connectivity index (χ3n) is 3.36. The van der Waals surface area contributed by atoms with Gasteiger partial charge in [-0.1, -0.05) is 24.6 Å². The van der Waals surface area contributed by atoms with Crippen molar-refractivity contribution in [2.75, 3.05) is 7.11 Å². The average Bonchev–Trinajstić information content (AvgIpc) is 2.41. The Bertz CT molecular complexity index is 400. The number of rotatable bonds is 3. The fourth-order valence-electron chi connectivity index (χ4n) is 2.34. The highest BCUT2D eigenvalue weighted by Gasteiger charge is 2.41. The Morgan fingerprint density at radius 2 is 2.12 bits per heavy atom. The van der Waals surface area contributed by atoms with Crippen LogP contribution in [-0.2, 0) is 4.74 Å². The smallest absolute Gasteiger partial charge is 0.165 e. The second kappa shape index (κ2) is 5.57. The zero-order valence-corrected chi connectivity index (χ0v) is 10.9. The maximum Gasteiger partial charge on any atom is 0.165 e. The molecule has 1 saturated carbocycles. The Hall–Kier alpha value is -0.980. The van der Waals surface area contributed by atoms with Gasteiger partial charge < -0.3 is 4.74 Å². The maximum absolute atomic E-state index is 9.40. The Balaban J connectivity index is 2.15. The van der Waals surface area contributed by atoms with Gasteiger partial charge in [-0.2, -0.15) is 5.26 Å². The summed E-state index contributed by atoms with van der Waals surface area (Å²) in [7, 11) is 1.66. The van der Waals surface area contributed by atoms with Gasteiger partial charge in [-0.05, 0) is 31.4 Å². The van der Waals surface area contributed by atoms with Crippen LogP contribution in [0.4, 0.5) is 0 Å². The quantitative estimate of drug-likeness (QED) is 0.817. The van der Waals surface area contributed by atoms with E-state index in [1.807, 2.05) is 18.2 Å². The summed E-state index contributed by atoms with van der Waals surface area (Å²) in [6.07, 6.45) is 4.19. The summed E-state index contributed by atoms with van der Waals surface area (Å²) in [5, 5.41) is 9.65. The first-order valence-electron chi connectivity index (χ1n) is 5.99. The predicted molar refractivity (Wildman–Crippen MR) is 69.9 cm³/mol. The van der Waals surface area contributed by atoms with Gasteiger partial charge in [-0.15, -0.1) is 11.8 Å². The standard InChI is InChI=1S/C14H17NOS/c1-16-14(11-15)10-6-5-9-13(14)17-12-7-3-2-4-8-12/h2-4,7-8,13H,5-6,9-10H2,1H3/t13-,14-/m1/s1. The number of thioether (sulfide) groups is 1. The monoisotopic (exact) mass is 247 g/mol. The summed E-state index contributed by atoms with van der Waals surface area (Å²) in [5.41, 5.74) is -0.598. The van der Waals surface area contributed by atoms with E-state index in [9.17, 15) is 5.26 Å². The zero-order valence-electron chi connectivity index (χ0n) is 10.1. The number of benzene rings is 1. The molecule has 0 N–H and O–H groups in total. The topological polar surface area (TPSA) is 33.0 Å². The van der Waals surface area contributed by atoms with Crippen molar-refractivity contribution in [1.29, 1.82) is 5.26 Å². The molecule has 0 bridgehead atoms. The van der Waals surface area contributed by atoms with Crippen LogP contribution in [-0.4, -0.2) is 18.0 Å². The molecule has 2 rings (SSSR count). The first-order valence-corrected chi connectivity index (χ1v) is 6.87. The van der Waals surface area contributed by atoms with Crippen LogP contribution in [0.3, 0.4) is 0 Å². The van der Waals surface area contributed by atoms with Gasteiger partial charge in [0.15, 0.2) is 5.60 Å². The van der Waals surface area contributed by atoms with Crippen LogP contribution >= 0.6 is 11.8 Å². The van der Waals surface area contributed by atoms with Crippen molar-refractivity contribution in [3.05, 3.63) is 30.3 Å². The van der Waals surface area contributed by atoms with Gasteiger partial charge >= 0.3 is 0 Å². The molecule has 0 aromatic heterocycles. The van der Waals surface area contributed by atoms with Crippen LogP contribution in [0.5, 0.6) is 0 Å². The molecule has 0 amide bonds. The average molecular weight is 247 g/mol. The third kappa shape index (κ3) is 2.65. The van der Waals surface area contributed by atoms with E-state index >= 15 is 0 Å². The Morgan fingerprint density at radius 1 is 1.35 bits per heavy atom. The molecule has 1 fully saturated rings. The van der Waals surface area contributed by atoms with Gasteiger partial charge in [0, 0.05) is 12.0 Å². The normalized spacial score (nSPS) is 28.6. The van der Waals surface area contributed by atoms with Gasteiger partial charge in [-0.3, -0.25) is 0 Å². The minimum absolute atomic E-state index is 0.244. The van der Waals surface area contributed by atoms with Crippen molar-refractivity contribution in [2.45, 2.75) is 41.4 Å². The molecular weight excluding hydrogens is 230 g/mol. The van der Waals surface area contributed by atoms with Crippen molar-refractivity contribution < 1.29 is 4.74 Å². The molecule has 0 heterocycles. The molecule has 2 nitrogen and oxygen atoms in total. The van der Waals surface area contributed by atoms with E-state index in [-0.39, 0.29) is 5.25 Å². The molecule has 3 heteroatoms. The second-order valence-electron chi connectivity index (χ2n) is 4.37. The number of methoxy groups -OCH3 is 1. The summed E-state index contributed by atoms with van der Waals surface area (Å²) in [4.78, 5) is 1.22. The highest BCUT2D eigenvalue weighted by Crippen LogP contribution is 2.41. The maximum atomic E-state index is 9.40. The summed E-state index contributed by atoms with van der Waals surface area (Å²) in [6, 6.07) is 12.7. The third-order valence-corrected chi connectivity index (χ3v) is 4.80. The highest BCUT2D eigenvalue weighted by molar-refractivity contribution is 8.00. The van der Waals surface area contributed by atoms with Crippen molar-refractivity contribution in [2.24, 2.45) is 0 Å². The van der Waals surface area contributed by atoms with Gasteiger partial charge in [-0.25, -0.2) is 0 Å². The van der Waals surface area contributed by atoms with E-state index < -0.39 is 5.60 Å². The molecule has 1 aliphatic rings. The predicted octanol–water partition coefficient (Wildman–Crippen LogP) is 3.63. The lowest BCUT2D eigenvalue weighted by molar-refractivity contribution is 0.0143. The van der Waals surface area contributed by atoms with E-state index in [0.717, 1.165) is 19.3 Å². The lowest BCUT2D eigenvalue weighted by Crippen LogP contribution is -2.43. The van der Waals surface area contributed by atoms with Crippen LogP contribution < -0.4 is 0 Å². The number of hydrogen-bond acceptors (Lipinski definition) is 3. The van der Waals surface area contributed by atoms with Crippen LogP contribution in [0.15, 0.2) is 35.2 Å². The summed E-state index contributed by atoms with van der Waals surface area (Å²) >= 11 is 1.77. The second-order valence-corrected chi connectivity index (χ2v) is 5.65. The minimum atomic E-state index is -0.598. The molecule has 0 spiro atoms. The van der Waals surface area contributed by atoms with Crippen molar-refractivity contribution in [3.8, 4) is 6.07 Å². The zero-order chi connectivity index (χ0) is 12.1. The molecule has 90 valence electrons. The van der Waals surface area contributed by atoms with Crippen LogP contribution in [0.25, 0.3) is 0 Å². The van der Waals surface area contributed by atoms with Gasteiger partial charge in [0.25, 0.3) is 0 Å². The Labute approximate surface area is 107 Å². The van der Waals surface area contributed by atoms with E-state index in [1.54, 1.807) is 18.9 Å². The number of nitrogens with zero attached hydrogens (tertiary/aromatic N) is 1. The van der Waals surface area contributed by atoms with E-state index in [1.165, 1.54) is 11.3 Å². The first kappa shape index (κ1) is 12.5. The Morgan fingerprint density at radius 3 is 2.76 bits per heavy atom. The molecule has 17 heavy (non-hydrogen) atoms. The SMILES string of the molecule is CO[C@@]1(C#N)CCCC[C@H]1Sc1ccccc1. The number of ether oxygens (including phenoxy) is 1. The van der Waals surface area contributed by atoms with E-state index in [4.69, 9.17) is 4.74 Å². The van der Waals surface area contributed by atoms with Crippen molar-refractivity contribution in [3.63, 3.8) is 0 Å². The van der Waals surface area contributed by atoms with E-state index in [2.05, 4.69) is 18.2 Å². The van der Waals surface area contributed by atoms with Crippen LogP contribution in [0.2, 0.25) is 0 Å². The summed E-state index contributed by atoms with van der Waals surface area (Å²) < 4.78 is 5.53. The number of nitriles is 1. The summed E-state index contributed by atoms with van der Waals surface area (Å²) in [5.74, 6) is 0. The molecule has 2 atom stereocenters. The number of hydrogen-bond donors (Lipinski definition) is 0. The van der Waals surface area contributed by atoms with Crippen molar-refractivity contribution >= 4 is 11.8 Å². The molecule has 1 aliphatic carbocycles. The van der Waals surface area contributed by atoms with Crippen molar-refractivity contribution in [1.82, 2.24) is 0 Å². The molecule has 1 aromatic carbocycles. The molecule has 1 aromatic rings. The minimum Gasteiger partial charge on any atom is -0.362 e. The fraction of sp³-hybridized carbons (Fsp3) is 0.500. The van der Waals surface area contributed by atoms with E-state index in [0.29, 0.717) is 0 Å². The molecule has 0 aliphatic heterocycles. The van der Waals surface area contributed by atoms with Crippen LogP contribution in [0.1, 0.15) is 25.7 Å². The van der Waals surface area contributed by atoms with Gasteiger partial charge in [0.1, 0.15) is 0 Å². The lowest BCUT2D eigenvalue weighted by atomic mass is 9.85. The molecular formula is C14H17NOS. The largest absolute Gasteiger partial charge is 0.362 e. The molecule has 0 radical (unpaired) electrons. The molecule has 0 unspecified atom stereocenters. The summed E-state index contributed by atoms with van der Waals surface area (Å²) in [6.45, 7) is 0. The Kier molecular flexibility index (Phi) is 4.09. The lowest BCUT2D eigenvalue weighted by Gasteiger charge is -2.37. The first-order chi connectivity index (χ1) is 8.30. The van der Waals surface area contributed by atoms with Gasteiger partial charge in [0.05, 0.1) is 11.3 Å². The van der Waals surface area contributed by atoms with Crippen LogP contribution in [0, 0.1) is 11.3 Å². The molecule has 0 saturated heterocycles. The highest BCUT2D eigenvalue weighted by atomic mass is 32.2. The van der Waals surface area contributed by atoms with Gasteiger partial charge in [0.2, 0.25) is 0 Å². The fourth-order valence-corrected chi connectivity index (χ4v) is 3.72.